The Morgan fingerprint density at radius 3 is 2.56 bits per heavy atom. The first-order chi connectivity index (χ1) is 15.5. The van der Waals surface area contributed by atoms with E-state index in [9.17, 15) is 4.79 Å². The van der Waals surface area contributed by atoms with Crippen LogP contribution in [0.4, 0.5) is 0 Å². The first-order valence-corrected chi connectivity index (χ1v) is 12.3. The van der Waals surface area contributed by atoms with Gasteiger partial charge in [-0.25, -0.2) is 0 Å². The molecule has 6 heteroatoms. The molecule has 0 bridgehead atoms. The number of hydrogen-bond acceptors (Lipinski definition) is 4. The van der Waals surface area contributed by atoms with E-state index >= 15 is 0 Å². The summed E-state index contributed by atoms with van der Waals surface area (Å²) in [6, 6.07) is 9.31. The normalized spacial score (nSPS) is 24.8. The number of rotatable bonds is 4. The molecule has 1 aromatic carbocycles. The van der Waals surface area contributed by atoms with Crippen molar-refractivity contribution in [3.63, 3.8) is 0 Å². The van der Waals surface area contributed by atoms with Gasteiger partial charge in [0.25, 0.3) is 0 Å². The van der Waals surface area contributed by atoms with Gasteiger partial charge in [-0.1, -0.05) is 18.2 Å². The largest absolute Gasteiger partial charge is 0.378 e. The van der Waals surface area contributed by atoms with Crippen LogP contribution in [0, 0.1) is 5.41 Å². The van der Waals surface area contributed by atoms with Crippen molar-refractivity contribution in [2.24, 2.45) is 5.41 Å². The molecule has 1 atom stereocenters. The molecule has 6 nitrogen and oxygen atoms in total. The maximum atomic E-state index is 13.1. The second kappa shape index (κ2) is 8.81. The lowest BCUT2D eigenvalue weighted by molar-refractivity contribution is -0.139. The summed E-state index contributed by atoms with van der Waals surface area (Å²) in [5, 5.41) is 1.39. The Balaban J connectivity index is 1.23. The molecule has 0 radical (unpaired) electrons. The second-order valence-electron chi connectivity index (χ2n) is 10.5. The molecular weight excluding hydrogens is 400 g/mol. The Morgan fingerprint density at radius 2 is 1.84 bits per heavy atom. The molecule has 5 rings (SSSR count). The van der Waals surface area contributed by atoms with Gasteiger partial charge in [0.15, 0.2) is 0 Å². The van der Waals surface area contributed by atoms with Gasteiger partial charge in [-0.05, 0) is 70.3 Å². The van der Waals surface area contributed by atoms with Crippen LogP contribution in [0.15, 0.2) is 30.5 Å². The molecule has 0 saturated carbocycles. The topological polar surface area (TPSA) is 41.0 Å². The zero-order chi connectivity index (χ0) is 22.3. The van der Waals surface area contributed by atoms with Crippen molar-refractivity contribution in [2.45, 2.75) is 51.7 Å². The number of aromatic nitrogens is 1. The lowest BCUT2D eigenvalue weighted by atomic mass is 9.76. The van der Waals surface area contributed by atoms with Crippen LogP contribution in [-0.2, 0) is 16.1 Å². The van der Waals surface area contributed by atoms with Gasteiger partial charge in [-0.3, -0.25) is 14.6 Å². The fourth-order valence-corrected chi connectivity index (χ4v) is 6.16. The van der Waals surface area contributed by atoms with Crippen molar-refractivity contribution in [3.8, 4) is 0 Å². The van der Waals surface area contributed by atoms with Crippen molar-refractivity contribution in [1.82, 2.24) is 19.3 Å². The predicted octanol–water partition coefficient (Wildman–Crippen LogP) is 3.37. The average molecular weight is 439 g/mol. The van der Waals surface area contributed by atoms with E-state index in [1.165, 1.54) is 29.3 Å². The number of hydrogen-bond donors (Lipinski definition) is 0. The van der Waals surface area contributed by atoms with Gasteiger partial charge in [0.1, 0.15) is 0 Å². The number of ether oxygens (including phenoxy) is 1. The van der Waals surface area contributed by atoms with Crippen molar-refractivity contribution in [1.29, 1.82) is 0 Å². The van der Waals surface area contributed by atoms with Gasteiger partial charge in [-0.2, -0.15) is 0 Å². The SMILES string of the molecule is CC(C)n1cc(CN2CCC3(CC2)CC(C(=O)N2CCOCC2)N(C)C3)c2ccccc21. The standard InChI is InChI=1S/C26H38N4O2/c1-20(2)30-18-21(22-6-4-5-7-23(22)30)17-28-10-8-26(9-11-28)16-24(27(3)19-26)25(31)29-12-14-32-15-13-29/h4-7,18,20,24H,8-17,19H2,1-3H3. The predicted molar refractivity (Wildman–Crippen MR) is 128 cm³/mol. The van der Waals surface area contributed by atoms with E-state index in [0.717, 1.165) is 45.7 Å². The number of carbonyl (C=O) groups excluding carboxylic acids is 1. The highest BCUT2D eigenvalue weighted by Gasteiger charge is 2.47. The summed E-state index contributed by atoms with van der Waals surface area (Å²) in [5.74, 6) is 0.316. The van der Waals surface area contributed by atoms with Crippen LogP contribution < -0.4 is 0 Å². The summed E-state index contributed by atoms with van der Waals surface area (Å²) in [7, 11) is 2.14. The molecular formula is C26H38N4O2. The summed E-state index contributed by atoms with van der Waals surface area (Å²) in [6.45, 7) is 11.7. The number of benzene rings is 1. The van der Waals surface area contributed by atoms with Gasteiger partial charge >= 0.3 is 0 Å². The van der Waals surface area contributed by atoms with Crippen LogP contribution in [-0.4, -0.2) is 84.2 Å². The second-order valence-corrected chi connectivity index (χ2v) is 10.5. The van der Waals surface area contributed by atoms with E-state index in [0.29, 0.717) is 30.6 Å². The maximum Gasteiger partial charge on any atom is 0.240 e. The fourth-order valence-electron chi connectivity index (χ4n) is 6.16. The minimum absolute atomic E-state index is 0.0451. The number of likely N-dealkylation sites (tertiary alicyclic amines) is 2. The Morgan fingerprint density at radius 1 is 1.12 bits per heavy atom. The minimum Gasteiger partial charge on any atom is -0.378 e. The lowest BCUT2D eigenvalue weighted by Gasteiger charge is -2.39. The van der Waals surface area contributed by atoms with E-state index in [4.69, 9.17) is 4.74 Å². The molecule has 3 saturated heterocycles. The molecule has 1 aromatic heterocycles. The first-order valence-electron chi connectivity index (χ1n) is 12.3. The molecule has 32 heavy (non-hydrogen) atoms. The molecule has 3 aliphatic rings. The molecule has 4 heterocycles. The number of piperidine rings is 1. The van der Waals surface area contributed by atoms with Crippen molar-refractivity contribution in [2.75, 3.05) is 53.0 Å². The number of morpholine rings is 1. The summed E-state index contributed by atoms with van der Waals surface area (Å²) < 4.78 is 7.84. The fraction of sp³-hybridized carbons (Fsp3) is 0.654. The Hall–Kier alpha value is -1.89. The molecule has 2 aromatic rings. The third-order valence-corrected chi connectivity index (χ3v) is 8.04. The van der Waals surface area contributed by atoms with E-state index in [2.05, 4.69) is 65.7 Å². The first kappa shape index (κ1) is 21.9. The number of nitrogens with zero attached hydrogens (tertiary/aromatic N) is 4. The summed E-state index contributed by atoms with van der Waals surface area (Å²) in [4.78, 5) is 20.1. The number of likely N-dealkylation sites (N-methyl/N-ethyl adjacent to an activating group) is 1. The third-order valence-electron chi connectivity index (χ3n) is 8.04. The van der Waals surface area contributed by atoms with Gasteiger partial charge < -0.3 is 14.2 Å². The molecule has 1 spiro atoms. The molecule has 0 N–H and O–H groups in total. The summed E-state index contributed by atoms with van der Waals surface area (Å²) in [5.41, 5.74) is 3.08. The maximum absolute atomic E-state index is 13.1. The van der Waals surface area contributed by atoms with E-state index in [1.54, 1.807) is 0 Å². The number of amides is 1. The molecule has 3 aliphatic heterocycles. The Kier molecular flexibility index (Phi) is 6.03. The number of para-hydroxylation sites is 1. The van der Waals surface area contributed by atoms with Crippen LogP contribution >= 0.6 is 0 Å². The Labute approximate surface area is 192 Å². The van der Waals surface area contributed by atoms with Crippen LogP contribution in [0.5, 0.6) is 0 Å². The van der Waals surface area contributed by atoms with Gasteiger partial charge in [0, 0.05) is 49.3 Å². The van der Waals surface area contributed by atoms with Crippen LogP contribution in [0.3, 0.4) is 0 Å². The molecule has 1 amide bonds. The quantitative estimate of drug-likeness (QED) is 0.734. The molecule has 3 fully saturated rings. The third kappa shape index (κ3) is 4.09. The Bertz CT molecular complexity index is 954. The zero-order valence-electron chi connectivity index (χ0n) is 19.9. The van der Waals surface area contributed by atoms with Crippen molar-refractivity contribution in [3.05, 3.63) is 36.0 Å². The zero-order valence-corrected chi connectivity index (χ0v) is 19.9. The average Bonchev–Trinajstić information content (AvgIpc) is 3.33. The highest BCUT2D eigenvalue weighted by Crippen LogP contribution is 2.43. The van der Waals surface area contributed by atoms with E-state index in [-0.39, 0.29) is 6.04 Å². The highest BCUT2D eigenvalue weighted by atomic mass is 16.5. The summed E-state index contributed by atoms with van der Waals surface area (Å²) >= 11 is 0. The lowest BCUT2D eigenvalue weighted by Crippen LogP contribution is -2.48. The van der Waals surface area contributed by atoms with Crippen LogP contribution in [0.25, 0.3) is 10.9 Å². The van der Waals surface area contributed by atoms with Gasteiger partial charge in [0.05, 0.1) is 19.3 Å². The monoisotopic (exact) mass is 438 g/mol. The van der Waals surface area contributed by atoms with Crippen molar-refractivity contribution < 1.29 is 9.53 Å². The number of fused-ring (bicyclic) bond motifs is 1. The van der Waals surface area contributed by atoms with Crippen LogP contribution in [0.1, 0.15) is 44.7 Å². The van der Waals surface area contributed by atoms with Crippen LogP contribution in [0.2, 0.25) is 0 Å². The summed E-state index contributed by atoms with van der Waals surface area (Å²) in [6.07, 6.45) is 5.75. The number of carbonyl (C=O) groups is 1. The van der Waals surface area contributed by atoms with Gasteiger partial charge in [0.2, 0.25) is 5.91 Å². The van der Waals surface area contributed by atoms with E-state index < -0.39 is 0 Å². The molecule has 174 valence electrons. The molecule has 0 aliphatic carbocycles. The molecule has 1 unspecified atom stereocenters. The smallest absolute Gasteiger partial charge is 0.240 e. The van der Waals surface area contributed by atoms with E-state index in [1.807, 2.05) is 4.90 Å². The highest BCUT2D eigenvalue weighted by molar-refractivity contribution is 5.84. The van der Waals surface area contributed by atoms with Gasteiger partial charge in [-0.15, -0.1) is 0 Å². The minimum atomic E-state index is 0.0451. The van der Waals surface area contributed by atoms with Crippen molar-refractivity contribution >= 4 is 16.8 Å².